The maximum Gasteiger partial charge on any atom is 0.0452 e. The Labute approximate surface area is 126 Å². The van der Waals surface area contributed by atoms with Crippen molar-refractivity contribution in [1.82, 2.24) is 0 Å². The first-order chi connectivity index (χ1) is 9.10. The lowest BCUT2D eigenvalue weighted by Gasteiger charge is -2.34. The molecular formula is C16H23Cl2N. The summed E-state index contributed by atoms with van der Waals surface area (Å²) in [5, 5.41) is 1.47. The smallest absolute Gasteiger partial charge is 0.0452 e. The van der Waals surface area contributed by atoms with Crippen molar-refractivity contribution >= 4 is 23.2 Å². The second-order valence-electron chi connectivity index (χ2n) is 5.83. The van der Waals surface area contributed by atoms with Crippen LogP contribution < -0.4 is 5.73 Å². The molecule has 3 unspecified atom stereocenters. The van der Waals surface area contributed by atoms with Gasteiger partial charge in [-0.1, -0.05) is 49.0 Å². The summed E-state index contributed by atoms with van der Waals surface area (Å²) in [7, 11) is 0. The maximum atomic E-state index is 6.30. The highest BCUT2D eigenvalue weighted by atomic mass is 35.5. The lowest BCUT2D eigenvalue weighted by Crippen LogP contribution is -2.37. The van der Waals surface area contributed by atoms with Crippen molar-refractivity contribution < 1.29 is 0 Å². The van der Waals surface area contributed by atoms with E-state index < -0.39 is 0 Å². The van der Waals surface area contributed by atoms with Crippen molar-refractivity contribution in [1.29, 1.82) is 0 Å². The van der Waals surface area contributed by atoms with E-state index in [1.54, 1.807) is 0 Å². The number of hydrogen-bond donors (Lipinski definition) is 1. The standard InChI is InChI=1S/C16H23Cl2N/c1-2-3-11-4-7-16(19)13(8-11)9-12-5-6-14(17)10-15(12)18/h5-6,10-11,13,16H,2-4,7-9,19H2,1H3. The molecule has 0 amide bonds. The van der Waals surface area contributed by atoms with E-state index in [4.69, 9.17) is 28.9 Å². The molecule has 0 bridgehead atoms. The van der Waals surface area contributed by atoms with Crippen LogP contribution >= 0.6 is 23.2 Å². The Hall–Kier alpha value is -0.240. The highest BCUT2D eigenvalue weighted by molar-refractivity contribution is 6.35. The summed E-state index contributed by atoms with van der Waals surface area (Å²) < 4.78 is 0. The first-order valence-electron chi connectivity index (χ1n) is 7.29. The molecule has 2 N–H and O–H groups in total. The van der Waals surface area contributed by atoms with E-state index in [1.807, 2.05) is 18.2 Å². The fourth-order valence-corrected chi connectivity index (χ4v) is 3.75. The summed E-state index contributed by atoms with van der Waals surface area (Å²) in [4.78, 5) is 0. The van der Waals surface area contributed by atoms with Crippen LogP contribution in [0.4, 0.5) is 0 Å². The molecule has 0 saturated heterocycles. The van der Waals surface area contributed by atoms with Gasteiger partial charge in [0.1, 0.15) is 0 Å². The van der Waals surface area contributed by atoms with Gasteiger partial charge >= 0.3 is 0 Å². The summed E-state index contributed by atoms with van der Waals surface area (Å²) in [6, 6.07) is 6.11. The van der Waals surface area contributed by atoms with Gasteiger partial charge in [0.15, 0.2) is 0 Å². The van der Waals surface area contributed by atoms with Gasteiger partial charge in [-0.2, -0.15) is 0 Å². The first-order valence-corrected chi connectivity index (χ1v) is 8.05. The number of hydrogen-bond acceptors (Lipinski definition) is 1. The average Bonchev–Trinajstić information content (AvgIpc) is 2.37. The molecule has 1 saturated carbocycles. The minimum Gasteiger partial charge on any atom is -0.327 e. The summed E-state index contributed by atoms with van der Waals surface area (Å²) in [6.45, 7) is 2.26. The molecule has 0 radical (unpaired) electrons. The Morgan fingerprint density at radius 2 is 2.05 bits per heavy atom. The normalized spacial score (nSPS) is 27.5. The van der Waals surface area contributed by atoms with Crippen LogP contribution in [0, 0.1) is 11.8 Å². The molecule has 0 spiro atoms. The largest absolute Gasteiger partial charge is 0.327 e. The fourth-order valence-electron chi connectivity index (χ4n) is 3.26. The van der Waals surface area contributed by atoms with Gasteiger partial charge in [0, 0.05) is 16.1 Å². The van der Waals surface area contributed by atoms with Crippen molar-refractivity contribution in [3.63, 3.8) is 0 Å². The number of halogens is 2. The third-order valence-corrected chi connectivity index (χ3v) is 4.93. The average molecular weight is 300 g/mol. The van der Waals surface area contributed by atoms with Crippen LogP contribution in [0.25, 0.3) is 0 Å². The molecule has 0 heterocycles. The Balaban J connectivity index is 2.03. The molecule has 2 rings (SSSR count). The molecule has 19 heavy (non-hydrogen) atoms. The molecule has 0 aromatic heterocycles. The quantitative estimate of drug-likeness (QED) is 0.824. The minimum absolute atomic E-state index is 0.319. The van der Waals surface area contributed by atoms with Crippen molar-refractivity contribution in [3.8, 4) is 0 Å². The SMILES string of the molecule is CCCC1CCC(N)C(Cc2ccc(Cl)cc2Cl)C1. The van der Waals surface area contributed by atoms with Crippen molar-refractivity contribution in [2.45, 2.75) is 51.5 Å². The monoisotopic (exact) mass is 299 g/mol. The topological polar surface area (TPSA) is 26.0 Å². The molecule has 3 atom stereocenters. The summed E-state index contributed by atoms with van der Waals surface area (Å²) in [5.41, 5.74) is 7.48. The lowest BCUT2D eigenvalue weighted by molar-refractivity contribution is 0.221. The van der Waals surface area contributed by atoms with Crippen molar-refractivity contribution in [2.24, 2.45) is 17.6 Å². The van der Waals surface area contributed by atoms with Gasteiger partial charge in [-0.15, -0.1) is 0 Å². The van der Waals surface area contributed by atoms with E-state index in [0.29, 0.717) is 17.0 Å². The minimum atomic E-state index is 0.319. The van der Waals surface area contributed by atoms with Crippen LogP contribution in [0.2, 0.25) is 10.0 Å². The van der Waals surface area contributed by atoms with Gasteiger partial charge in [-0.25, -0.2) is 0 Å². The van der Waals surface area contributed by atoms with Crippen LogP contribution in [0.3, 0.4) is 0 Å². The van der Waals surface area contributed by atoms with E-state index in [1.165, 1.54) is 31.2 Å². The van der Waals surface area contributed by atoms with Gasteiger partial charge in [0.25, 0.3) is 0 Å². The Morgan fingerprint density at radius 3 is 2.74 bits per heavy atom. The van der Waals surface area contributed by atoms with Crippen LogP contribution in [0.1, 0.15) is 44.6 Å². The zero-order valence-electron chi connectivity index (χ0n) is 11.5. The van der Waals surface area contributed by atoms with Crippen LogP contribution in [-0.2, 0) is 6.42 Å². The summed E-state index contributed by atoms with van der Waals surface area (Å²) in [6.07, 6.45) is 7.28. The third kappa shape index (κ3) is 4.11. The Kier molecular flexibility index (Phi) is 5.56. The number of benzene rings is 1. The first kappa shape index (κ1) is 15.2. The second-order valence-corrected chi connectivity index (χ2v) is 6.68. The molecule has 1 aliphatic rings. The molecule has 1 nitrogen and oxygen atoms in total. The van der Waals surface area contributed by atoms with Gasteiger partial charge in [0.2, 0.25) is 0 Å². The third-order valence-electron chi connectivity index (χ3n) is 4.34. The summed E-state index contributed by atoms with van der Waals surface area (Å²) in [5.74, 6) is 1.41. The van der Waals surface area contributed by atoms with Gasteiger partial charge in [-0.3, -0.25) is 0 Å². The van der Waals surface area contributed by atoms with Gasteiger partial charge in [0.05, 0.1) is 0 Å². The lowest BCUT2D eigenvalue weighted by atomic mass is 9.74. The molecule has 1 aromatic rings. The predicted octanol–water partition coefficient (Wildman–Crippen LogP) is 5.08. The van der Waals surface area contributed by atoms with Crippen LogP contribution in [-0.4, -0.2) is 6.04 Å². The van der Waals surface area contributed by atoms with Crippen LogP contribution in [0.5, 0.6) is 0 Å². The fraction of sp³-hybridized carbons (Fsp3) is 0.625. The Bertz CT molecular complexity index is 419. The van der Waals surface area contributed by atoms with E-state index >= 15 is 0 Å². The van der Waals surface area contributed by atoms with Gasteiger partial charge < -0.3 is 5.73 Å². The zero-order valence-corrected chi connectivity index (χ0v) is 13.1. The molecule has 3 heteroatoms. The van der Waals surface area contributed by atoms with E-state index in [0.717, 1.165) is 23.8 Å². The molecule has 1 fully saturated rings. The highest BCUT2D eigenvalue weighted by Crippen LogP contribution is 2.34. The van der Waals surface area contributed by atoms with Gasteiger partial charge in [-0.05, 0) is 55.2 Å². The Morgan fingerprint density at radius 1 is 1.26 bits per heavy atom. The number of nitrogens with two attached hydrogens (primary N) is 1. The summed E-state index contributed by atoms with van der Waals surface area (Å²) >= 11 is 12.2. The second kappa shape index (κ2) is 6.97. The molecule has 1 aliphatic carbocycles. The predicted molar refractivity (Wildman–Crippen MR) is 83.9 cm³/mol. The molecule has 1 aromatic carbocycles. The highest BCUT2D eigenvalue weighted by Gasteiger charge is 2.28. The molecule has 106 valence electrons. The van der Waals surface area contributed by atoms with E-state index in [9.17, 15) is 0 Å². The van der Waals surface area contributed by atoms with Crippen LogP contribution in [0.15, 0.2) is 18.2 Å². The zero-order chi connectivity index (χ0) is 13.8. The molecule has 0 aliphatic heterocycles. The maximum absolute atomic E-state index is 6.30. The van der Waals surface area contributed by atoms with Crippen molar-refractivity contribution in [3.05, 3.63) is 33.8 Å². The van der Waals surface area contributed by atoms with E-state index in [2.05, 4.69) is 6.92 Å². The van der Waals surface area contributed by atoms with Crippen molar-refractivity contribution in [2.75, 3.05) is 0 Å². The molecular weight excluding hydrogens is 277 g/mol. The van der Waals surface area contributed by atoms with E-state index in [-0.39, 0.29) is 0 Å². The number of rotatable bonds is 4.